The van der Waals surface area contributed by atoms with E-state index in [9.17, 15) is 0 Å². The third kappa shape index (κ3) is 3.75. The van der Waals surface area contributed by atoms with E-state index in [0.717, 1.165) is 17.3 Å². The van der Waals surface area contributed by atoms with Crippen LogP contribution in [0.15, 0.2) is 42.5 Å². The molecule has 2 rings (SSSR count). The van der Waals surface area contributed by atoms with Gasteiger partial charge in [0.15, 0.2) is 0 Å². The van der Waals surface area contributed by atoms with Gasteiger partial charge in [-0.2, -0.15) is 0 Å². The molecule has 0 aliphatic heterocycles. The fourth-order valence-corrected chi connectivity index (χ4v) is 2.38. The second kappa shape index (κ2) is 6.78. The number of nitrogens with one attached hydrogen (secondary N) is 1. The summed E-state index contributed by atoms with van der Waals surface area (Å²) in [5.74, 6) is 0.888. The van der Waals surface area contributed by atoms with Crippen molar-refractivity contribution in [3.05, 3.63) is 64.2 Å². The minimum absolute atomic E-state index is 0.264. The zero-order chi connectivity index (χ0) is 14.5. The lowest BCUT2D eigenvalue weighted by Gasteiger charge is -2.16. The summed E-state index contributed by atoms with van der Waals surface area (Å²) in [6, 6.07) is 14.4. The van der Waals surface area contributed by atoms with Crippen LogP contribution in [0.2, 0.25) is 5.02 Å². The smallest absolute Gasteiger partial charge is 0.119 e. The van der Waals surface area contributed by atoms with Crippen molar-refractivity contribution in [2.24, 2.45) is 0 Å². The zero-order valence-corrected chi connectivity index (χ0v) is 12.9. The molecule has 0 aromatic heterocycles. The van der Waals surface area contributed by atoms with Crippen LogP contribution in [0.5, 0.6) is 5.75 Å². The first kappa shape index (κ1) is 14.9. The fourth-order valence-electron chi connectivity index (χ4n) is 2.15. The van der Waals surface area contributed by atoms with Gasteiger partial charge in [0, 0.05) is 17.6 Å². The molecule has 1 N–H and O–H groups in total. The highest BCUT2D eigenvalue weighted by atomic mass is 35.5. The summed E-state index contributed by atoms with van der Waals surface area (Å²) < 4.78 is 5.26. The molecule has 2 nitrogen and oxygen atoms in total. The zero-order valence-electron chi connectivity index (χ0n) is 12.1. The van der Waals surface area contributed by atoms with Crippen LogP contribution in [0.4, 0.5) is 0 Å². The summed E-state index contributed by atoms with van der Waals surface area (Å²) in [6.07, 6.45) is 0. The number of methoxy groups -OCH3 is 1. The van der Waals surface area contributed by atoms with Crippen LogP contribution in [0.1, 0.15) is 29.7 Å². The number of aryl methyl sites for hydroxylation is 1. The van der Waals surface area contributed by atoms with E-state index in [0.29, 0.717) is 0 Å². The third-order valence-electron chi connectivity index (χ3n) is 3.50. The van der Waals surface area contributed by atoms with Crippen LogP contribution >= 0.6 is 11.6 Å². The van der Waals surface area contributed by atoms with Gasteiger partial charge in [-0.05, 0) is 54.8 Å². The van der Waals surface area contributed by atoms with E-state index in [1.807, 2.05) is 24.3 Å². The summed E-state index contributed by atoms with van der Waals surface area (Å²) in [7, 11) is 1.69. The van der Waals surface area contributed by atoms with Crippen molar-refractivity contribution in [3.8, 4) is 5.75 Å². The van der Waals surface area contributed by atoms with Crippen molar-refractivity contribution in [1.29, 1.82) is 0 Å². The quantitative estimate of drug-likeness (QED) is 0.874. The van der Waals surface area contributed by atoms with Crippen molar-refractivity contribution in [3.63, 3.8) is 0 Å². The van der Waals surface area contributed by atoms with Gasteiger partial charge in [-0.1, -0.05) is 29.8 Å². The van der Waals surface area contributed by atoms with Gasteiger partial charge in [0.1, 0.15) is 5.75 Å². The molecule has 0 heterocycles. The van der Waals surface area contributed by atoms with Crippen LogP contribution in [-0.4, -0.2) is 7.11 Å². The van der Waals surface area contributed by atoms with Crippen LogP contribution in [0, 0.1) is 6.92 Å². The van der Waals surface area contributed by atoms with Crippen LogP contribution in [0.25, 0.3) is 0 Å². The standard InChI is InChI=1S/C17H20ClNO/c1-12-9-16(18)8-7-15(12)11-19-13(2)14-5-4-6-17(10-14)20-3/h4-10,13,19H,11H2,1-3H3/t13-/m1/s1. The summed E-state index contributed by atoms with van der Waals surface area (Å²) in [4.78, 5) is 0. The molecule has 106 valence electrons. The Hall–Kier alpha value is -1.51. The van der Waals surface area contributed by atoms with Gasteiger partial charge >= 0.3 is 0 Å². The van der Waals surface area contributed by atoms with E-state index in [-0.39, 0.29) is 6.04 Å². The van der Waals surface area contributed by atoms with Gasteiger partial charge in [-0.3, -0.25) is 0 Å². The molecule has 0 bridgehead atoms. The predicted molar refractivity (Wildman–Crippen MR) is 84.4 cm³/mol. The van der Waals surface area contributed by atoms with E-state index in [1.165, 1.54) is 16.7 Å². The van der Waals surface area contributed by atoms with Crippen LogP contribution in [-0.2, 0) is 6.54 Å². The Bertz CT molecular complexity index is 583. The van der Waals surface area contributed by atoms with Crippen molar-refractivity contribution >= 4 is 11.6 Å². The molecule has 0 saturated heterocycles. The Kier molecular flexibility index (Phi) is 5.05. The van der Waals surface area contributed by atoms with E-state index in [1.54, 1.807) is 7.11 Å². The molecule has 2 aromatic rings. The highest BCUT2D eigenvalue weighted by Crippen LogP contribution is 2.20. The molecule has 0 amide bonds. The van der Waals surface area contributed by atoms with Gasteiger partial charge in [-0.25, -0.2) is 0 Å². The van der Waals surface area contributed by atoms with Gasteiger partial charge in [0.05, 0.1) is 7.11 Å². The first-order chi connectivity index (χ1) is 9.60. The molecule has 0 aliphatic rings. The summed E-state index contributed by atoms with van der Waals surface area (Å²) in [5.41, 5.74) is 3.70. The van der Waals surface area contributed by atoms with E-state index >= 15 is 0 Å². The molecule has 20 heavy (non-hydrogen) atoms. The maximum Gasteiger partial charge on any atom is 0.119 e. The minimum Gasteiger partial charge on any atom is -0.497 e. The molecule has 0 aliphatic carbocycles. The van der Waals surface area contributed by atoms with E-state index in [4.69, 9.17) is 16.3 Å². The molecule has 3 heteroatoms. The molecule has 0 saturated carbocycles. The number of hydrogen-bond donors (Lipinski definition) is 1. The predicted octanol–water partition coefficient (Wildman–Crippen LogP) is 4.51. The molecular formula is C17H20ClNO. The molecule has 2 aromatic carbocycles. The topological polar surface area (TPSA) is 21.3 Å². The Morgan fingerprint density at radius 2 is 2.00 bits per heavy atom. The van der Waals surface area contributed by atoms with Crippen LogP contribution in [0.3, 0.4) is 0 Å². The van der Waals surface area contributed by atoms with Crippen molar-refractivity contribution < 1.29 is 4.74 Å². The van der Waals surface area contributed by atoms with Crippen molar-refractivity contribution in [2.45, 2.75) is 26.4 Å². The maximum absolute atomic E-state index is 5.97. The van der Waals surface area contributed by atoms with Crippen molar-refractivity contribution in [1.82, 2.24) is 5.32 Å². The molecule has 0 unspecified atom stereocenters. The summed E-state index contributed by atoms with van der Waals surface area (Å²) in [5, 5.41) is 4.31. The summed E-state index contributed by atoms with van der Waals surface area (Å²) in [6.45, 7) is 5.06. The average molecular weight is 290 g/mol. The SMILES string of the molecule is COc1cccc([C@@H](C)NCc2ccc(Cl)cc2C)c1. The third-order valence-corrected chi connectivity index (χ3v) is 3.73. The lowest BCUT2D eigenvalue weighted by molar-refractivity contribution is 0.413. The number of rotatable bonds is 5. The second-order valence-corrected chi connectivity index (χ2v) is 5.39. The highest BCUT2D eigenvalue weighted by molar-refractivity contribution is 6.30. The van der Waals surface area contributed by atoms with E-state index < -0.39 is 0 Å². The van der Waals surface area contributed by atoms with Crippen LogP contribution < -0.4 is 10.1 Å². The fraction of sp³-hybridized carbons (Fsp3) is 0.294. The minimum atomic E-state index is 0.264. The Balaban J connectivity index is 2.02. The normalized spacial score (nSPS) is 12.2. The van der Waals surface area contributed by atoms with Gasteiger partial charge < -0.3 is 10.1 Å². The largest absolute Gasteiger partial charge is 0.497 e. The first-order valence-electron chi connectivity index (χ1n) is 6.72. The van der Waals surface area contributed by atoms with E-state index in [2.05, 4.69) is 37.4 Å². The lowest BCUT2D eigenvalue weighted by Crippen LogP contribution is -2.18. The Morgan fingerprint density at radius 3 is 2.70 bits per heavy atom. The lowest BCUT2D eigenvalue weighted by atomic mass is 10.1. The molecule has 1 atom stereocenters. The highest BCUT2D eigenvalue weighted by Gasteiger charge is 2.07. The van der Waals surface area contributed by atoms with Gasteiger partial charge in [0.2, 0.25) is 0 Å². The Labute approximate surface area is 125 Å². The molecule has 0 fully saturated rings. The average Bonchev–Trinajstić information content (AvgIpc) is 2.46. The van der Waals surface area contributed by atoms with Gasteiger partial charge in [0.25, 0.3) is 0 Å². The Morgan fingerprint density at radius 1 is 1.20 bits per heavy atom. The van der Waals surface area contributed by atoms with Crippen molar-refractivity contribution in [2.75, 3.05) is 7.11 Å². The second-order valence-electron chi connectivity index (χ2n) is 4.95. The molecular weight excluding hydrogens is 270 g/mol. The maximum atomic E-state index is 5.97. The monoisotopic (exact) mass is 289 g/mol. The summed E-state index contributed by atoms with van der Waals surface area (Å²) >= 11 is 5.97. The van der Waals surface area contributed by atoms with Gasteiger partial charge in [-0.15, -0.1) is 0 Å². The number of hydrogen-bond acceptors (Lipinski definition) is 2. The molecule has 0 spiro atoms. The number of benzene rings is 2. The number of halogens is 1. The molecule has 0 radical (unpaired) electrons. The number of ether oxygens (including phenoxy) is 1. The first-order valence-corrected chi connectivity index (χ1v) is 7.10.